The largest absolute Gasteiger partial charge is 0.475 e. The van der Waals surface area contributed by atoms with Gasteiger partial charge < -0.3 is 30.5 Å². The number of nitrogens with one attached hydrogen (secondary N) is 3. The van der Waals surface area contributed by atoms with Crippen molar-refractivity contribution in [2.75, 3.05) is 37.1 Å². The van der Waals surface area contributed by atoms with Gasteiger partial charge in [0, 0.05) is 30.7 Å². The Kier molecular flexibility index (Phi) is 6.42. The third-order valence-electron chi connectivity index (χ3n) is 7.32. The summed E-state index contributed by atoms with van der Waals surface area (Å²) in [5, 5.41) is 19.8. The molecule has 3 aromatic rings. The van der Waals surface area contributed by atoms with Gasteiger partial charge in [0.1, 0.15) is 18.0 Å². The Morgan fingerprint density at radius 3 is 2.76 bits per heavy atom. The lowest BCUT2D eigenvalue weighted by molar-refractivity contribution is 0.0442. The highest BCUT2D eigenvalue weighted by molar-refractivity contribution is 6.00. The van der Waals surface area contributed by atoms with Crippen LogP contribution in [0.2, 0.25) is 0 Å². The Bertz CT molecular complexity index is 1370. The van der Waals surface area contributed by atoms with Crippen LogP contribution in [0.15, 0.2) is 59.7 Å². The van der Waals surface area contributed by atoms with E-state index in [-0.39, 0.29) is 24.1 Å². The van der Waals surface area contributed by atoms with Crippen molar-refractivity contribution in [3.63, 3.8) is 0 Å². The number of carbonyl (C=O) groups excluding carboxylic acids is 1. The molecule has 4 heterocycles. The number of aliphatic hydroxyl groups excluding tert-OH is 1. The van der Waals surface area contributed by atoms with E-state index in [2.05, 4.69) is 20.9 Å². The molecule has 196 valence electrons. The molecule has 0 radical (unpaired) electrons. The van der Waals surface area contributed by atoms with Crippen LogP contribution in [0.25, 0.3) is 0 Å². The van der Waals surface area contributed by atoms with Crippen LogP contribution in [0.4, 0.5) is 17.5 Å². The molecule has 4 N–H and O–H groups in total. The van der Waals surface area contributed by atoms with E-state index in [1.54, 1.807) is 12.3 Å². The molecule has 38 heavy (non-hydrogen) atoms. The second-order valence-electron chi connectivity index (χ2n) is 9.91. The fourth-order valence-corrected chi connectivity index (χ4v) is 5.11. The molecule has 1 fully saturated rings. The fourth-order valence-electron chi connectivity index (χ4n) is 5.11. The fraction of sp³-hybridized carbons (Fsp3) is 0.357. The standard InChI is InChI=1S/C28H30N6O4/c1-17-21-13-19(7-8-20(21)25(36)30-17)31-27-29-14-22(26-34-28(16-38-26)9-11-37-12-10-28)24(33-27)32-23(15-35)18-5-3-2-4-6-18/h2-8,13-14,17,23,35H,9-12,15-16H2,1H3,(H,30,36)(H2,29,31,32,33)/t17?,23-/m1/s1. The van der Waals surface area contributed by atoms with Crippen LogP contribution in [-0.2, 0) is 9.47 Å². The average molecular weight is 515 g/mol. The maximum atomic E-state index is 12.1. The second kappa shape index (κ2) is 10.0. The van der Waals surface area contributed by atoms with Crippen molar-refractivity contribution in [1.82, 2.24) is 15.3 Å². The number of ether oxygens (including phenoxy) is 2. The van der Waals surface area contributed by atoms with Crippen molar-refractivity contribution in [3.8, 4) is 0 Å². The molecule has 10 nitrogen and oxygen atoms in total. The van der Waals surface area contributed by atoms with Gasteiger partial charge in [-0.25, -0.2) is 9.98 Å². The van der Waals surface area contributed by atoms with Gasteiger partial charge in [-0.15, -0.1) is 0 Å². The predicted molar refractivity (Wildman–Crippen MR) is 143 cm³/mol. The van der Waals surface area contributed by atoms with Gasteiger partial charge in [0.05, 0.1) is 24.3 Å². The van der Waals surface area contributed by atoms with E-state index in [1.165, 1.54) is 0 Å². The highest BCUT2D eigenvalue weighted by Gasteiger charge is 2.39. The molecule has 1 unspecified atom stereocenters. The molecule has 3 aliphatic heterocycles. The number of fused-ring (bicyclic) bond motifs is 1. The zero-order chi connectivity index (χ0) is 26.1. The van der Waals surface area contributed by atoms with Crippen LogP contribution in [-0.4, -0.2) is 58.8 Å². The molecule has 6 rings (SSSR count). The number of benzene rings is 2. The molecule has 0 bridgehead atoms. The topological polar surface area (TPSA) is 130 Å². The third kappa shape index (κ3) is 4.68. The van der Waals surface area contributed by atoms with Gasteiger partial charge in [0.15, 0.2) is 0 Å². The molecule has 1 saturated heterocycles. The van der Waals surface area contributed by atoms with Gasteiger partial charge in [-0.2, -0.15) is 4.98 Å². The van der Waals surface area contributed by atoms with Crippen LogP contribution in [0.1, 0.15) is 58.9 Å². The summed E-state index contributed by atoms with van der Waals surface area (Å²) in [6.07, 6.45) is 3.30. The Morgan fingerprint density at radius 1 is 1.16 bits per heavy atom. The van der Waals surface area contributed by atoms with Crippen LogP contribution in [0, 0.1) is 0 Å². The maximum Gasteiger partial charge on any atom is 0.252 e. The summed E-state index contributed by atoms with van der Waals surface area (Å²) in [6.45, 7) is 3.63. The molecular formula is C28H30N6O4. The van der Waals surface area contributed by atoms with Crippen molar-refractivity contribution in [1.29, 1.82) is 0 Å². The lowest BCUT2D eigenvalue weighted by atomic mass is 9.92. The Labute approximate surface area is 220 Å². The summed E-state index contributed by atoms with van der Waals surface area (Å²) in [4.78, 5) is 26.4. The smallest absolute Gasteiger partial charge is 0.252 e. The number of carbonyl (C=O) groups is 1. The quantitative estimate of drug-likeness (QED) is 0.377. The lowest BCUT2D eigenvalue weighted by Crippen LogP contribution is -2.35. The van der Waals surface area contributed by atoms with Gasteiger partial charge in [-0.1, -0.05) is 30.3 Å². The summed E-state index contributed by atoms with van der Waals surface area (Å²) in [6, 6.07) is 14.8. The first-order valence-corrected chi connectivity index (χ1v) is 12.9. The summed E-state index contributed by atoms with van der Waals surface area (Å²) in [5.41, 5.74) is 3.64. The highest BCUT2D eigenvalue weighted by atomic mass is 16.5. The number of aliphatic imine (C=N–C) groups is 1. The number of anilines is 3. The van der Waals surface area contributed by atoms with Gasteiger partial charge in [0.25, 0.3) is 5.91 Å². The molecule has 1 aromatic heterocycles. The molecule has 0 aliphatic carbocycles. The number of nitrogens with zero attached hydrogens (tertiary/aromatic N) is 3. The molecule has 3 aliphatic rings. The van der Waals surface area contributed by atoms with Gasteiger partial charge in [-0.3, -0.25) is 4.79 Å². The molecule has 2 atom stereocenters. The average Bonchev–Trinajstić information content (AvgIpc) is 3.47. The van der Waals surface area contributed by atoms with E-state index in [9.17, 15) is 9.90 Å². The van der Waals surface area contributed by atoms with Crippen molar-refractivity contribution in [2.45, 2.75) is 37.4 Å². The van der Waals surface area contributed by atoms with Crippen LogP contribution < -0.4 is 16.0 Å². The molecule has 0 saturated carbocycles. The number of rotatable bonds is 7. The zero-order valence-corrected chi connectivity index (χ0v) is 21.1. The van der Waals surface area contributed by atoms with E-state index in [4.69, 9.17) is 19.5 Å². The first kappa shape index (κ1) is 24.3. The highest BCUT2D eigenvalue weighted by Crippen LogP contribution is 2.34. The summed E-state index contributed by atoms with van der Waals surface area (Å²) in [7, 11) is 0. The van der Waals surface area contributed by atoms with Crippen molar-refractivity contribution < 1.29 is 19.4 Å². The minimum absolute atomic E-state index is 0.0639. The Balaban J connectivity index is 1.33. The predicted octanol–water partition coefficient (Wildman–Crippen LogP) is 3.50. The third-order valence-corrected chi connectivity index (χ3v) is 7.32. The zero-order valence-electron chi connectivity index (χ0n) is 21.1. The summed E-state index contributed by atoms with van der Waals surface area (Å²) < 4.78 is 11.6. The van der Waals surface area contributed by atoms with Gasteiger partial charge >= 0.3 is 0 Å². The SMILES string of the molecule is CC1NC(=O)c2ccc(Nc3ncc(C4=NC5(CCOCC5)CO4)c(N[C@H](CO)c4ccccc4)n3)cc21. The minimum Gasteiger partial charge on any atom is -0.475 e. The van der Waals surface area contributed by atoms with Crippen LogP contribution in [0.5, 0.6) is 0 Å². The molecular weight excluding hydrogens is 484 g/mol. The second-order valence-corrected chi connectivity index (χ2v) is 9.91. The summed E-state index contributed by atoms with van der Waals surface area (Å²) >= 11 is 0. The molecule has 1 spiro atoms. The van der Waals surface area contributed by atoms with Crippen LogP contribution in [0.3, 0.4) is 0 Å². The number of aromatic nitrogens is 2. The van der Waals surface area contributed by atoms with Gasteiger partial charge in [-0.05, 0) is 49.1 Å². The molecule has 10 heteroatoms. The first-order chi connectivity index (χ1) is 18.5. The van der Waals surface area contributed by atoms with Gasteiger partial charge in [0.2, 0.25) is 11.8 Å². The van der Waals surface area contributed by atoms with E-state index >= 15 is 0 Å². The number of amides is 1. The number of hydrogen-bond acceptors (Lipinski definition) is 9. The van der Waals surface area contributed by atoms with E-state index in [1.807, 2.05) is 49.4 Å². The van der Waals surface area contributed by atoms with Crippen molar-refractivity contribution >= 4 is 29.3 Å². The van der Waals surface area contributed by atoms with E-state index in [0.29, 0.717) is 48.6 Å². The number of hydrogen-bond donors (Lipinski definition) is 4. The monoisotopic (exact) mass is 514 g/mol. The van der Waals surface area contributed by atoms with E-state index < -0.39 is 6.04 Å². The van der Waals surface area contributed by atoms with Crippen LogP contribution >= 0.6 is 0 Å². The normalized spacial score (nSPS) is 20.3. The summed E-state index contributed by atoms with van der Waals surface area (Å²) in [5.74, 6) is 1.29. The minimum atomic E-state index is -0.394. The van der Waals surface area contributed by atoms with Crippen molar-refractivity contribution in [2.24, 2.45) is 4.99 Å². The Morgan fingerprint density at radius 2 is 1.97 bits per heavy atom. The molecule has 1 amide bonds. The van der Waals surface area contributed by atoms with Crippen molar-refractivity contribution in [3.05, 3.63) is 77.0 Å². The maximum absolute atomic E-state index is 12.1. The Hall–Kier alpha value is -4.02. The lowest BCUT2D eigenvalue weighted by Gasteiger charge is -2.28. The van der Waals surface area contributed by atoms with E-state index in [0.717, 1.165) is 29.7 Å². The molecule has 2 aromatic carbocycles. The number of aliphatic hydroxyl groups is 1. The first-order valence-electron chi connectivity index (χ1n) is 12.9.